The monoisotopic (exact) mass is 2150 g/mol. The molecule has 10 heterocycles. The van der Waals surface area contributed by atoms with E-state index < -0.39 is 0 Å². The Morgan fingerprint density at radius 3 is 1.25 bits per heavy atom. The number of aldehydes is 3. The lowest BCUT2D eigenvalue weighted by Gasteiger charge is -2.23. The van der Waals surface area contributed by atoms with Crippen molar-refractivity contribution in [3.05, 3.63) is 430 Å². The lowest BCUT2D eigenvalue weighted by molar-refractivity contribution is 0.111. The van der Waals surface area contributed by atoms with Crippen molar-refractivity contribution in [2.24, 2.45) is 17.8 Å². The van der Waals surface area contributed by atoms with Gasteiger partial charge in [-0.15, -0.1) is 45.3 Å². The summed E-state index contributed by atoms with van der Waals surface area (Å²) in [4.78, 5) is 39.7. The third-order valence-electron chi connectivity index (χ3n) is 24.0. The van der Waals surface area contributed by atoms with E-state index in [0.29, 0.717) is 27.3 Å². The first-order chi connectivity index (χ1) is 73.9. The predicted molar refractivity (Wildman–Crippen MR) is 632 cm³/mol. The number of rotatable bonds is 19. The molecule has 0 amide bonds. The van der Waals surface area contributed by atoms with Crippen molar-refractivity contribution < 1.29 is 45.3 Å². The smallest absolute Gasteiger partial charge is 0.169 e. The third-order valence-corrected chi connectivity index (χ3v) is 29.7. The van der Waals surface area contributed by atoms with Crippen molar-refractivity contribution in [2.75, 3.05) is 0 Å². The molecular weight excluding hydrogens is 2010 g/mol. The molecule has 0 unspecified atom stereocenters. The van der Waals surface area contributed by atoms with Gasteiger partial charge in [0.25, 0.3) is 0 Å². The molecule has 1 N–H and O–H groups in total. The van der Waals surface area contributed by atoms with Crippen molar-refractivity contribution in [2.45, 2.75) is 139 Å². The molecule has 11 aromatic carbocycles. The van der Waals surface area contributed by atoms with E-state index >= 15 is 0 Å². The lowest BCUT2D eigenvalue weighted by atomic mass is 9.84. The quantitative estimate of drug-likeness (QED) is 0.0812. The van der Waals surface area contributed by atoms with E-state index in [1.807, 2.05) is 65.9 Å². The maximum atomic E-state index is 10.4. The Morgan fingerprint density at radius 1 is 0.369 bits per heavy atom. The topological polar surface area (TPSA) is 108 Å². The van der Waals surface area contributed by atoms with Gasteiger partial charge >= 0.3 is 0 Å². The van der Waals surface area contributed by atoms with E-state index in [1.165, 1.54) is 184 Å². The lowest BCUT2D eigenvalue weighted by Crippen LogP contribution is -2.13. The van der Waals surface area contributed by atoms with E-state index in [4.69, 9.17) is 26.7 Å². The van der Waals surface area contributed by atoms with Crippen LogP contribution in [0.1, 0.15) is 188 Å². The summed E-state index contributed by atoms with van der Waals surface area (Å²) in [5.74, 6) is 3.46. The van der Waals surface area contributed by atoms with Crippen LogP contribution in [0.2, 0.25) is 0 Å². The number of H-pyrrole nitrogens is 1. The maximum Gasteiger partial charge on any atom is 0.169 e. The average molecular weight is 2160 g/mol. The van der Waals surface area contributed by atoms with Crippen LogP contribution in [0, 0.1) is 17.8 Å². The number of hydrogen-bond acceptors (Lipinski definition) is 9. The van der Waals surface area contributed by atoms with Gasteiger partial charge in [0.05, 0.1) is 72.5 Å². The summed E-state index contributed by atoms with van der Waals surface area (Å²) in [5, 5.41) is 7.25. The van der Waals surface area contributed by atoms with Gasteiger partial charge in [0.15, 0.2) is 23.5 Å². The van der Waals surface area contributed by atoms with Crippen molar-refractivity contribution in [1.29, 1.82) is 0 Å². The van der Waals surface area contributed by atoms with Gasteiger partial charge in [-0.25, -0.2) is 0 Å². The van der Waals surface area contributed by atoms with E-state index in [9.17, 15) is 14.4 Å². The molecule has 16 heteroatoms. The molecule has 0 radical (unpaired) electrons. The van der Waals surface area contributed by atoms with Gasteiger partial charge in [-0.2, -0.15) is 0 Å². The van der Waals surface area contributed by atoms with Crippen LogP contribution in [0.3, 0.4) is 0 Å². The molecule has 0 saturated heterocycles. The Labute approximate surface area is 894 Å². The molecule has 0 atom stereocenters. The summed E-state index contributed by atoms with van der Waals surface area (Å²) in [6.45, 7) is 34.5. The summed E-state index contributed by atoms with van der Waals surface area (Å²) >= 11 is 16.5. The average Bonchev–Trinajstić information content (AvgIpc) is 1.73. The summed E-state index contributed by atoms with van der Waals surface area (Å²) in [6.07, 6.45) is 7.40. The zero-order valence-electron chi connectivity index (χ0n) is 94.5. The van der Waals surface area contributed by atoms with Crippen LogP contribution in [0.15, 0.2) is 391 Å². The molecule has 0 aliphatic rings. The first-order valence-electron chi connectivity index (χ1n) is 53.8. The van der Waals surface area contributed by atoms with Crippen LogP contribution in [0.4, 0.5) is 0 Å². The fraction of sp³-hybridized carbons (Fsp3) is 0.192. The minimum absolute atomic E-state index is 0. The highest BCUT2D eigenvalue weighted by Gasteiger charge is 2.27. The fourth-order valence-electron chi connectivity index (χ4n) is 17.3. The molecule has 0 fully saturated rings. The van der Waals surface area contributed by atoms with E-state index in [2.05, 4.69) is 461 Å². The number of hydrogen-bond donors (Lipinski definition) is 1. The highest BCUT2D eigenvalue weighted by molar-refractivity contribution is 9.11. The Bertz CT molecular complexity index is 7750. The standard InChI is InChI=1S/C32H33NS.C28H30BrN.C28H31N.C14H11N.C9H5BrO2S.C9H6O2S.C5H3BrOS.9H2/c1-22(2)18-23-19-25(32(3,4)5)21-26(20-23)33-28-15-10-9-14-27(28)30(29-16-11-17-34-29)31(33)24-12-7-6-8-13-24;1-19(2)15-20-16-22(28(3,4)5)18-23(17-20)30-25-14-10-9-13-24(25)26(29)27(30)21-11-7-6-8-12-21;1-20(2)15-21-16-24(28(3,4)5)19-25(17-21)29-26-14-10-9-13-23(26)18-27(29)22-11-7-6-8-12-22;1-2-6-11(7-3-1)14-10-12-8-4-5-9-13(12)15-14;10-9-4-2-7(12-9)8-3-1-6(5-11)13-8;10-6-7-3-4-9(12-7)8-2-1-5-11-8;6-5-2-1-4(3-7)8-5;;;;;;;;;/h6-17,19-22H,18H2,1-5H3;6-14,16-19H,15H2,1-5H3;6-14,16-20H,15H2,1-5H3;1-10,15H;1-5H;1-6H;1-3H;9*1H/i;;;;;;;6*1+1D;3*1+1. The second kappa shape index (κ2) is 46.9. The van der Waals surface area contributed by atoms with Crippen LogP contribution in [-0.2, 0) is 35.5 Å². The number of thiophene rings is 4. The molecule has 21 aromatic rings. The largest absolute Gasteiger partial charge is 0.464 e. The highest BCUT2D eigenvalue weighted by atomic mass is 79.9. The maximum absolute atomic E-state index is 10.4. The second-order valence-corrected chi connectivity index (χ2v) is 46.7. The molecule has 141 heavy (non-hydrogen) atoms. The number of nitrogens with zero attached hydrogens (tertiary/aromatic N) is 3. The molecule has 21 rings (SSSR count). The molecular formula is C125H137Br3N4O5S4. The van der Waals surface area contributed by atoms with Gasteiger partial charge in [-0.1, -0.05) is 322 Å². The SMILES string of the molecule is CC(C)Cc1cc(-n2c(-c3ccccc3)c(-c3cccs3)c3ccccc32)cc(C(C)(C)C)c1.CC(C)Cc1cc(-n2c(-c3ccccc3)c(Br)c3ccccc32)cc(C(C)(C)C)c1.CC(C)Cc1cc(-n2c(-c3ccccc3)cc3ccccc32)cc(C(C)(C)C)c1.O=Cc1ccc(-c2ccc(Br)o2)s1.O=Cc1ccc(-c2ccco2)s1.O=Cc1ccc(Br)s1.[2HH].[2HH].[2HH].[2H][2H].[2H][2H].[2H][2H].[2H][2H].[2H][2H].[2H][2H].c1ccc(-c2cc3ccccc3[nH]2)cc1. The van der Waals surface area contributed by atoms with Gasteiger partial charge in [-0.3, -0.25) is 14.4 Å². The second-order valence-electron chi connectivity index (χ2n) is 39.4. The Kier molecular flexibility index (Phi) is 31.4. The number of benzene rings is 11. The fourth-order valence-corrected chi connectivity index (χ4v) is 21.9. The number of furan rings is 2. The van der Waals surface area contributed by atoms with Crippen molar-refractivity contribution in [1.82, 2.24) is 18.7 Å². The van der Waals surface area contributed by atoms with Crippen molar-refractivity contribution in [3.63, 3.8) is 0 Å². The van der Waals surface area contributed by atoms with Gasteiger partial charge < -0.3 is 27.5 Å². The minimum Gasteiger partial charge on any atom is -0.464 e. The molecule has 732 valence electrons. The van der Waals surface area contributed by atoms with E-state index in [0.717, 1.165) is 77.4 Å². The zero-order chi connectivity index (χ0) is 112. The van der Waals surface area contributed by atoms with Crippen LogP contribution in [0.25, 0.3) is 137 Å². The predicted octanol–water partition coefficient (Wildman–Crippen LogP) is 40.6. The van der Waals surface area contributed by atoms with Crippen LogP contribution in [-0.4, -0.2) is 37.5 Å². The number of carbonyl (C=O) groups excluding carboxylic acids is 3. The molecule has 0 spiro atoms. The van der Waals surface area contributed by atoms with Crippen molar-refractivity contribution >= 4 is 156 Å². The van der Waals surface area contributed by atoms with Crippen molar-refractivity contribution in [3.8, 4) is 93.8 Å². The zero-order valence-corrected chi connectivity index (χ0v) is 90.5. The summed E-state index contributed by atoms with van der Waals surface area (Å²) in [6, 6.07) is 126. The van der Waals surface area contributed by atoms with Crippen LogP contribution < -0.4 is 0 Å². The molecule has 0 aliphatic carbocycles. The first-order valence-corrected chi connectivity index (χ1v) is 53.5. The van der Waals surface area contributed by atoms with Crippen LogP contribution in [0.5, 0.6) is 0 Å². The van der Waals surface area contributed by atoms with E-state index in [-0.39, 0.29) is 20.5 Å². The van der Waals surface area contributed by atoms with Gasteiger partial charge in [0.2, 0.25) is 0 Å². The van der Waals surface area contributed by atoms with Gasteiger partial charge in [0.1, 0.15) is 11.5 Å². The number of fused-ring (bicyclic) bond motifs is 4. The van der Waals surface area contributed by atoms with Crippen LogP contribution >= 0.6 is 93.1 Å². The van der Waals surface area contributed by atoms with E-state index in [1.54, 1.807) is 24.5 Å². The molecule has 0 aliphatic heterocycles. The first kappa shape index (κ1) is 94.6. The number of nitrogens with one attached hydrogen (secondary N) is 1. The summed E-state index contributed by atoms with van der Waals surface area (Å²) in [5.41, 5.74) is 28.5. The summed E-state index contributed by atoms with van der Waals surface area (Å²) in [7, 11) is 0. The molecule has 0 bridgehead atoms. The third kappa shape index (κ3) is 26.0. The number of aromatic nitrogens is 4. The Balaban J connectivity index is 0.000000282. The molecule has 10 aromatic heterocycles. The molecule has 9 nitrogen and oxygen atoms in total. The number of carbonyl (C=O) groups is 3. The molecule has 0 saturated carbocycles. The number of para-hydroxylation sites is 4. The normalized spacial score (nSPS) is 11.8. The highest BCUT2D eigenvalue weighted by Crippen LogP contribution is 2.47. The summed E-state index contributed by atoms with van der Waals surface area (Å²) < 4.78 is 80.7. The number of aromatic amines is 1. The Morgan fingerprint density at radius 2 is 0.801 bits per heavy atom. The van der Waals surface area contributed by atoms with Gasteiger partial charge in [0, 0.05) is 82.4 Å². The minimum atomic E-state index is 0. The number of halogens is 3. The van der Waals surface area contributed by atoms with Gasteiger partial charge in [-0.05, 0) is 302 Å². The Hall–Kier alpha value is -12.6.